The van der Waals surface area contributed by atoms with Crippen molar-refractivity contribution < 1.29 is 28.3 Å². The van der Waals surface area contributed by atoms with E-state index in [-0.39, 0.29) is 47.6 Å². The molecule has 3 aromatic heterocycles. The lowest BCUT2D eigenvalue weighted by Gasteiger charge is -2.34. The van der Waals surface area contributed by atoms with E-state index in [1.807, 2.05) is 4.90 Å². The summed E-state index contributed by atoms with van der Waals surface area (Å²) >= 11 is 5.90. The topological polar surface area (TPSA) is 136 Å². The summed E-state index contributed by atoms with van der Waals surface area (Å²) in [4.78, 5) is 49.3. The Hall–Kier alpha value is -3.70. The lowest BCUT2D eigenvalue weighted by molar-refractivity contribution is -0.130. The van der Waals surface area contributed by atoms with Crippen LogP contribution in [0.2, 0.25) is 5.02 Å². The molecular formula is C27H30ClN5O6. The van der Waals surface area contributed by atoms with Gasteiger partial charge in [0.2, 0.25) is 23.5 Å². The zero-order chi connectivity index (χ0) is 27.4. The molecule has 0 spiro atoms. The molecular weight excluding hydrogens is 526 g/mol. The number of hydrogen-bond donors (Lipinski definition) is 2. The predicted octanol–water partition coefficient (Wildman–Crippen LogP) is 4.27. The second kappa shape index (κ2) is 12.0. The Bertz CT molecular complexity index is 1350. The predicted molar refractivity (Wildman–Crippen MR) is 144 cm³/mol. The molecule has 5 rings (SSSR count). The van der Waals surface area contributed by atoms with Gasteiger partial charge in [-0.05, 0) is 50.3 Å². The van der Waals surface area contributed by atoms with Crippen molar-refractivity contribution >= 4 is 51.9 Å². The molecule has 39 heavy (non-hydrogen) atoms. The van der Waals surface area contributed by atoms with E-state index in [0.717, 1.165) is 25.8 Å². The molecule has 3 aromatic rings. The fourth-order valence-electron chi connectivity index (χ4n) is 5.10. The van der Waals surface area contributed by atoms with Crippen LogP contribution in [0.3, 0.4) is 0 Å². The van der Waals surface area contributed by atoms with E-state index in [9.17, 15) is 14.4 Å². The van der Waals surface area contributed by atoms with Crippen LogP contribution < -0.4 is 15.4 Å². The third kappa shape index (κ3) is 6.15. The van der Waals surface area contributed by atoms with Crippen LogP contribution in [0.5, 0.6) is 5.88 Å². The second-order valence-corrected chi connectivity index (χ2v) is 10.1. The Morgan fingerprint density at radius 2 is 1.95 bits per heavy atom. The third-order valence-electron chi connectivity index (χ3n) is 7.09. The van der Waals surface area contributed by atoms with Gasteiger partial charge in [-0.1, -0.05) is 11.6 Å². The number of amides is 3. The smallest absolute Gasteiger partial charge is 0.294 e. The summed E-state index contributed by atoms with van der Waals surface area (Å²) in [6.45, 7) is 1.46. The first-order valence-electron chi connectivity index (χ1n) is 13.0. The molecule has 1 aliphatic carbocycles. The largest absolute Gasteiger partial charge is 0.475 e. The van der Waals surface area contributed by atoms with Crippen molar-refractivity contribution in [1.82, 2.24) is 14.9 Å². The van der Waals surface area contributed by atoms with Crippen molar-refractivity contribution in [1.29, 1.82) is 0 Å². The first-order chi connectivity index (χ1) is 18.9. The number of anilines is 2. The summed E-state index contributed by atoms with van der Waals surface area (Å²) in [7, 11) is 1.57. The van der Waals surface area contributed by atoms with Gasteiger partial charge in [0.05, 0.1) is 11.6 Å². The fourth-order valence-corrected chi connectivity index (χ4v) is 5.21. The van der Waals surface area contributed by atoms with Crippen LogP contribution in [0.1, 0.15) is 49.1 Å². The minimum absolute atomic E-state index is 0.104. The second-order valence-electron chi connectivity index (χ2n) is 9.64. The summed E-state index contributed by atoms with van der Waals surface area (Å²) in [5, 5.41) is 6.01. The van der Waals surface area contributed by atoms with Crippen LogP contribution in [0, 0.1) is 5.92 Å². The van der Waals surface area contributed by atoms with E-state index in [4.69, 9.17) is 25.5 Å². The molecule has 2 N–H and O–H groups in total. The average Bonchev–Trinajstić information content (AvgIpc) is 3.53. The molecule has 2 aliphatic rings. The molecule has 2 fully saturated rings. The van der Waals surface area contributed by atoms with Gasteiger partial charge < -0.3 is 29.4 Å². The molecule has 206 valence electrons. The monoisotopic (exact) mass is 555 g/mol. The number of pyridine rings is 2. The summed E-state index contributed by atoms with van der Waals surface area (Å²) in [5.74, 6) is -0.419. The molecule has 0 bridgehead atoms. The Labute approximate surface area is 230 Å². The quantitative estimate of drug-likeness (QED) is 0.373. The normalized spacial score (nSPS) is 19.3. The van der Waals surface area contributed by atoms with Crippen molar-refractivity contribution in [3.8, 4) is 5.88 Å². The minimum Gasteiger partial charge on any atom is -0.475 e. The number of furan rings is 1. The molecule has 0 radical (unpaired) electrons. The Morgan fingerprint density at radius 1 is 1.13 bits per heavy atom. The SMILES string of the molecule is COCCOc1ccc2oc(C(=O)Nc3ccc(Cl)cn3)c(NC(=O)C3CCC(N4CCCC4=O)CC3)c2n1. The number of halogens is 1. The lowest BCUT2D eigenvalue weighted by Crippen LogP contribution is -2.40. The van der Waals surface area contributed by atoms with Crippen molar-refractivity contribution in [3.05, 3.63) is 41.2 Å². The molecule has 3 amide bonds. The van der Waals surface area contributed by atoms with Crippen molar-refractivity contribution in [2.75, 3.05) is 37.5 Å². The summed E-state index contributed by atoms with van der Waals surface area (Å²) < 4.78 is 16.5. The standard InChI is InChI=1S/C27H30ClN5O6/c1-37-13-14-38-21-11-9-19-23(31-21)24(25(39-19)27(36)30-20-10-6-17(28)15-29-20)32-26(35)16-4-7-18(8-5-16)33-12-2-3-22(33)34/h6,9-11,15-16,18H,2-5,7-8,12-14H2,1H3,(H,32,35)(H,29,30,36). The highest BCUT2D eigenvalue weighted by molar-refractivity contribution is 6.30. The molecule has 1 saturated carbocycles. The van der Waals surface area contributed by atoms with Crippen LogP contribution in [-0.4, -0.2) is 65.5 Å². The zero-order valence-electron chi connectivity index (χ0n) is 21.6. The Morgan fingerprint density at radius 3 is 2.64 bits per heavy atom. The van der Waals surface area contributed by atoms with Gasteiger partial charge in [-0.2, -0.15) is 0 Å². The van der Waals surface area contributed by atoms with E-state index in [1.54, 1.807) is 31.4 Å². The van der Waals surface area contributed by atoms with Gasteiger partial charge in [-0.15, -0.1) is 0 Å². The zero-order valence-corrected chi connectivity index (χ0v) is 22.3. The van der Waals surface area contributed by atoms with Gasteiger partial charge in [0, 0.05) is 44.3 Å². The van der Waals surface area contributed by atoms with Crippen molar-refractivity contribution in [2.24, 2.45) is 5.92 Å². The van der Waals surface area contributed by atoms with Gasteiger partial charge in [-0.3, -0.25) is 14.4 Å². The first-order valence-corrected chi connectivity index (χ1v) is 13.4. The van der Waals surface area contributed by atoms with Gasteiger partial charge in [0.15, 0.2) is 5.58 Å². The highest BCUT2D eigenvalue weighted by Crippen LogP contribution is 2.35. The van der Waals surface area contributed by atoms with Gasteiger partial charge in [-0.25, -0.2) is 9.97 Å². The molecule has 1 aliphatic heterocycles. The van der Waals surface area contributed by atoms with Crippen LogP contribution in [-0.2, 0) is 14.3 Å². The maximum Gasteiger partial charge on any atom is 0.294 e. The number of nitrogens with zero attached hydrogens (tertiary/aromatic N) is 3. The molecule has 0 atom stereocenters. The van der Waals surface area contributed by atoms with Crippen molar-refractivity contribution in [2.45, 2.75) is 44.6 Å². The third-order valence-corrected chi connectivity index (χ3v) is 7.31. The van der Waals surface area contributed by atoms with Crippen molar-refractivity contribution in [3.63, 3.8) is 0 Å². The van der Waals surface area contributed by atoms with Gasteiger partial charge in [0.25, 0.3) is 5.91 Å². The van der Waals surface area contributed by atoms with Gasteiger partial charge in [0.1, 0.15) is 23.6 Å². The van der Waals surface area contributed by atoms with Crippen LogP contribution in [0.4, 0.5) is 11.5 Å². The molecule has 0 aromatic carbocycles. The lowest BCUT2D eigenvalue weighted by atomic mass is 9.84. The summed E-state index contributed by atoms with van der Waals surface area (Å²) in [5.41, 5.74) is 0.772. The minimum atomic E-state index is -0.601. The number of methoxy groups -OCH3 is 1. The summed E-state index contributed by atoms with van der Waals surface area (Å²) in [6, 6.07) is 6.60. The maximum absolute atomic E-state index is 13.4. The van der Waals surface area contributed by atoms with Gasteiger partial charge >= 0.3 is 0 Å². The molecule has 11 nitrogen and oxygen atoms in total. The molecule has 1 saturated heterocycles. The number of hydrogen-bond acceptors (Lipinski definition) is 8. The summed E-state index contributed by atoms with van der Waals surface area (Å²) in [6.07, 6.45) is 5.73. The number of fused-ring (bicyclic) bond motifs is 1. The number of aromatic nitrogens is 2. The fraction of sp³-hybridized carbons (Fsp3) is 0.444. The number of rotatable bonds is 9. The first kappa shape index (κ1) is 26.9. The van der Waals surface area contributed by atoms with E-state index in [1.165, 1.54) is 6.20 Å². The number of ether oxygens (including phenoxy) is 2. The molecule has 12 heteroatoms. The van der Waals surface area contributed by atoms with E-state index < -0.39 is 5.91 Å². The van der Waals surface area contributed by atoms with E-state index in [0.29, 0.717) is 47.9 Å². The van der Waals surface area contributed by atoms with Crippen LogP contribution >= 0.6 is 11.6 Å². The number of likely N-dealkylation sites (tertiary alicyclic amines) is 1. The maximum atomic E-state index is 13.4. The van der Waals surface area contributed by atoms with E-state index >= 15 is 0 Å². The number of nitrogens with one attached hydrogen (secondary N) is 2. The number of carbonyl (C=O) groups is 3. The Kier molecular flexibility index (Phi) is 8.27. The highest BCUT2D eigenvalue weighted by Gasteiger charge is 2.34. The molecule has 4 heterocycles. The van der Waals surface area contributed by atoms with Crippen LogP contribution in [0.15, 0.2) is 34.9 Å². The van der Waals surface area contributed by atoms with Crippen LogP contribution in [0.25, 0.3) is 11.1 Å². The van der Waals surface area contributed by atoms with E-state index in [2.05, 4.69) is 20.6 Å². The molecule has 0 unspecified atom stereocenters. The average molecular weight is 556 g/mol. The Balaban J connectivity index is 1.36. The highest BCUT2D eigenvalue weighted by atomic mass is 35.5. The number of carbonyl (C=O) groups excluding carboxylic acids is 3.